The smallest absolute Gasteiger partial charge is 0.342 e. The molecule has 0 aliphatic carbocycles. The maximum absolute atomic E-state index is 12.6. The number of benzene rings is 2. The van der Waals surface area contributed by atoms with Crippen LogP contribution in [-0.4, -0.2) is 49.8 Å². The molecule has 38 heavy (non-hydrogen) atoms. The van der Waals surface area contributed by atoms with Crippen LogP contribution in [0.1, 0.15) is 78.5 Å². The van der Waals surface area contributed by atoms with Gasteiger partial charge in [-0.3, -0.25) is 25.2 Å². The summed E-state index contributed by atoms with van der Waals surface area (Å²) in [7, 11) is 0. The number of unbranched alkanes of at least 4 members (excludes halogenated alkanes) is 6. The number of aromatic hydroxyl groups is 2. The highest BCUT2D eigenvalue weighted by atomic mass is 16.4. The van der Waals surface area contributed by atoms with E-state index < -0.39 is 29.4 Å². The minimum absolute atomic E-state index is 0.0521. The second kappa shape index (κ2) is 15.2. The van der Waals surface area contributed by atoms with Crippen molar-refractivity contribution in [3.05, 3.63) is 59.7 Å². The average Bonchev–Trinajstić information content (AvgIpc) is 2.88. The number of phenols is 2. The first-order valence-corrected chi connectivity index (χ1v) is 12.3. The van der Waals surface area contributed by atoms with Crippen LogP contribution < -0.4 is 21.7 Å². The summed E-state index contributed by atoms with van der Waals surface area (Å²) in [6.07, 6.45) is 5.05. The van der Waals surface area contributed by atoms with E-state index in [1.165, 1.54) is 48.5 Å². The zero-order chi connectivity index (χ0) is 28.0. The Balaban J connectivity index is 2.03. The Kier molecular flexibility index (Phi) is 12.0. The van der Waals surface area contributed by atoms with E-state index in [2.05, 4.69) is 21.7 Å². The van der Waals surface area contributed by atoms with Crippen LogP contribution in [0.4, 0.5) is 0 Å². The van der Waals surface area contributed by atoms with Crippen LogP contribution in [0.5, 0.6) is 11.5 Å². The Morgan fingerprint density at radius 3 is 1.47 bits per heavy atom. The van der Waals surface area contributed by atoms with Gasteiger partial charge in [0.2, 0.25) is 5.66 Å². The number of aliphatic carboxylic acids is 2. The van der Waals surface area contributed by atoms with E-state index in [-0.39, 0.29) is 35.5 Å². The molecule has 0 saturated carbocycles. The number of nitrogens with one attached hydrogen (secondary N) is 4. The van der Waals surface area contributed by atoms with E-state index in [9.17, 15) is 34.5 Å². The third kappa shape index (κ3) is 9.37. The first-order chi connectivity index (χ1) is 18.2. The number of hydrogen-bond acceptors (Lipinski definition) is 8. The molecule has 0 atom stereocenters. The fourth-order valence-corrected chi connectivity index (χ4v) is 3.71. The summed E-state index contributed by atoms with van der Waals surface area (Å²) >= 11 is 0. The van der Waals surface area contributed by atoms with E-state index in [4.69, 9.17) is 5.11 Å². The number of hydrogen-bond donors (Lipinski definition) is 8. The van der Waals surface area contributed by atoms with Crippen molar-refractivity contribution >= 4 is 23.8 Å². The summed E-state index contributed by atoms with van der Waals surface area (Å²) in [6, 6.07) is 11.5. The highest BCUT2D eigenvalue weighted by molar-refractivity contribution is 5.97. The van der Waals surface area contributed by atoms with Gasteiger partial charge in [-0.1, -0.05) is 56.4 Å². The molecule has 2 aromatic carbocycles. The van der Waals surface area contributed by atoms with E-state index >= 15 is 0 Å². The molecule has 12 heteroatoms. The van der Waals surface area contributed by atoms with Crippen molar-refractivity contribution < 1.29 is 39.6 Å². The molecule has 0 aliphatic rings. The summed E-state index contributed by atoms with van der Waals surface area (Å²) in [4.78, 5) is 48.1. The molecule has 0 aromatic heterocycles. The molecule has 12 nitrogen and oxygen atoms in total. The first kappa shape index (κ1) is 30.1. The Hall–Kier alpha value is -4.16. The summed E-state index contributed by atoms with van der Waals surface area (Å²) in [5, 5.41) is 38.6. The van der Waals surface area contributed by atoms with Gasteiger partial charge < -0.3 is 20.4 Å². The molecule has 2 rings (SSSR count). The Morgan fingerprint density at radius 1 is 0.632 bits per heavy atom. The minimum Gasteiger partial charge on any atom is -0.507 e. The van der Waals surface area contributed by atoms with Crippen molar-refractivity contribution in [3.63, 3.8) is 0 Å². The van der Waals surface area contributed by atoms with Crippen LogP contribution in [0.3, 0.4) is 0 Å². The lowest BCUT2D eigenvalue weighted by molar-refractivity contribution is -0.148. The van der Waals surface area contributed by atoms with Crippen LogP contribution in [0, 0.1) is 0 Å². The van der Waals surface area contributed by atoms with E-state index in [1.54, 1.807) is 0 Å². The molecule has 0 saturated heterocycles. The fourth-order valence-electron chi connectivity index (χ4n) is 3.71. The Labute approximate surface area is 220 Å². The maximum Gasteiger partial charge on any atom is 0.342 e. The largest absolute Gasteiger partial charge is 0.507 e. The van der Waals surface area contributed by atoms with Crippen molar-refractivity contribution in [1.82, 2.24) is 21.7 Å². The molecule has 8 N–H and O–H groups in total. The molecule has 0 unspecified atom stereocenters. The van der Waals surface area contributed by atoms with Gasteiger partial charge in [0.1, 0.15) is 11.5 Å². The third-order valence-corrected chi connectivity index (χ3v) is 5.88. The van der Waals surface area contributed by atoms with Gasteiger partial charge in [-0.2, -0.15) is 0 Å². The average molecular weight is 531 g/mol. The van der Waals surface area contributed by atoms with E-state index in [1.807, 2.05) is 0 Å². The Bertz CT molecular complexity index is 1050. The van der Waals surface area contributed by atoms with Crippen LogP contribution in [-0.2, 0) is 9.59 Å². The summed E-state index contributed by atoms with van der Waals surface area (Å²) in [5.41, 5.74) is 7.28. The summed E-state index contributed by atoms with van der Waals surface area (Å²) in [6.45, 7) is 0. The molecule has 2 aromatic rings. The lowest BCUT2D eigenvalue weighted by atomic mass is 10.0. The molecule has 0 spiro atoms. The first-order valence-electron chi connectivity index (χ1n) is 12.3. The van der Waals surface area contributed by atoms with Crippen LogP contribution in [0.25, 0.3) is 0 Å². The second-order valence-corrected chi connectivity index (χ2v) is 8.77. The predicted molar refractivity (Wildman–Crippen MR) is 137 cm³/mol. The molecule has 206 valence electrons. The number of carbonyl (C=O) groups is 4. The quantitative estimate of drug-likeness (QED) is 0.0855. The van der Waals surface area contributed by atoms with Crippen LogP contribution in [0.2, 0.25) is 0 Å². The maximum atomic E-state index is 12.6. The molecule has 0 bridgehead atoms. The van der Waals surface area contributed by atoms with Crippen molar-refractivity contribution in [2.75, 3.05) is 0 Å². The molecule has 0 radical (unpaired) electrons. The number of rotatable bonds is 17. The predicted octanol–water partition coefficient (Wildman–Crippen LogP) is 2.64. The van der Waals surface area contributed by atoms with Gasteiger partial charge in [0, 0.05) is 6.42 Å². The molecular weight excluding hydrogens is 496 g/mol. The molecular formula is C26H34N4O8. The van der Waals surface area contributed by atoms with Crippen LogP contribution in [0.15, 0.2) is 48.5 Å². The van der Waals surface area contributed by atoms with Gasteiger partial charge in [-0.15, -0.1) is 0 Å². The number of para-hydroxylation sites is 2. The fraction of sp³-hybridized carbons (Fsp3) is 0.385. The number of hydrazine groups is 2. The normalized spacial score (nSPS) is 11.1. The standard InChI is InChI=1S/C26H34N4O8/c31-20-14-9-7-12-18(20)23(35)27-29-26(25(37)38,17-11-5-3-1-2-4-6-16-22(33)34)30-28-24(36)19-13-8-10-15-21(19)32/h7-10,12-15,29-32H,1-6,11,16-17H2,(H,27,35)(H,28,36)(H,33,34)(H,37,38). The molecule has 2 amide bonds. The summed E-state index contributed by atoms with van der Waals surface area (Å²) in [5.74, 6) is -4.40. The highest BCUT2D eigenvalue weighted by Gasteiger charge is 2.39. The summed E-state index contributed by atoms with van der Waals surface area (Å²) < 4.78 is 0. The van der Waals surface area contributed by atoms with Gasteiger partial charge in [0.25, 0.3) is 11.8 Å². The minimum atomic E-state index is -2.03. The number of carboxylic acids is 2. The number of carboxylic acid groups (broad SMARTS) is 2. The second-order valence-electron chi connectivity index (χ2n) is 8.77. The van der Waals surface area contributed by atoms with Crippen molar-refractivity contribution in [2.24, 2.45) is 0 Å². The number of carbonyl (C=O) groups excluding carboxylic acids is 2. The van der Waals surface area contributed by atoms with Crippen molar-refractivity contribution in [1.29, 1.82) is 0 Å². The molecule has 0 aliphatic heterocycles. The topological polar surface area (TPSA) is 197 Å². The van der Waals surface area contributed by atoms with E-state index in [0.29, 0.717) is 19.3 Å². The van der Waals surface area contributed by atoms with Gasteiger partial charge in [-0.25, -0.2) is 15.6 Å². The lowest BCUT2D eigenvalue weighted by Gasteiger charge is -2.32. The zero-order valence-electron chi connectivity index (χ0n) is 20.9. The van der Waals surface area contributed by atoms with Gasteiger partial charge in [0.15, 0.2) is 0 Å². The monoisotopic (exact) mass is 530 g/mol. The van der Waals surface area contributed by atoms with Crippen molar-refractivity contribution in [3.8, 4) is 11.5 Å². The lowest BCUT2D eigenvalue weighted by Crippen LogP contribution is -2.70. The SMILES string of the molecule is O=C(O)CCCCCCCCCC(NNC(=O)c1ccccc1O)(NNC(=O)c1ccccc1O)C(=O)O. The van der Waals surface area contributed by atoms with Gasteiger partial charge in [-0.05, 0) is 43.5 Å². The number of amides is 2. The zero-order valence-corrected chi connectivity index (χ0v) is 20.9. The number of phenolic OH excluding ortho intramolecular Hbond substituents is 2. The third-order valence-electron chi connectivity index (χ3n) is 5.88. The molecule has 0 heterocycles. The van der Waals surface area contributed by atoms with Crippen LogP contribution >= 0.6 is 0 Å². The van der Waals surface area contributed by atoms with Gasteiger partial charge >= 0.3 is 11.9 Å². The molecule has 0 fully saturated rings. The van der Waals surface area contributed by atoms with Gasteiger partial charge in [0.05, 0.1) is 11.1 Å². The Morgan fingerprint density at radius 2 is 1.05 bits per heavy atom. The highest BCUT2D eigenvalue weighted by Crippen LogP contribution is 2.18. The van der Waals surface area contributed by atoms with Crippen molar-refractivity contribution in [2.45, 2.75) is 63.5 Å². The van der Waals surface area contributed by atoms with E-state index in [0.717, 1.165) is 25.7 Å².